The van der Waals surface area contributed by atoms with Crippen molar-refractivity contribution in [1.82, 2.24) is 15.3 Å². The minimum absolute atomic E-state index is 0.350. The molecule has 14 heavy (non-hydrogen) atoms. The Kier molecular flexibility index (Phi) is 4.07. The fraction of sp³-hybridized carbons (Fsp3) is 0.625. The Morgan fingerprint density at radius 2 is 2.14 bits per heavy atom. The molecule has 1 heterocycles. The zero-order valence-corrected chi connectivity index (χ0v) is 10.2. The van der Waals surface area contributed by atoms with Gasteiger partial charge in [-0.15, -0.1) is 0 Å². The zero-order valence-electron chi connectivity index (χ0n) is 7.94. The van der Waals surface area contributed by atoms with Crippen molar-refractivity contribution in [3.63, 3.8) is 0 Å². The third kappa shape index (κ3) is 3.65. The molecule has 1 aromatic heterocycles. The van der Waals surface area contributed by atoms with E-state index in [0.717, 1.165) is 5.69 Å². The van der Waals surface area contributed by atoms with Gasteiger partial charge >= 0.3 is 0 Å². The van der Waals surface area contributed by atoms with Gasteiger partial charge in [0, 0.05) is 24.5 Å². The van der Waals surface area contributed by atoms with Gasteiger partial charge in [-0.1, -0.05) is 48.7 Å². The first-order valence-corrected chi connectivity index (χ1v) is 5.37. The molecule has 0 radical (unpaired) electrons. The fourth-order valence-corrected chi connectivity index (χ4v) is 1.20. The molecule has 0 aliphatic heterocycles. The van der Waals surface area contributed by atoms with Crippen molar-refractivity contribution in [3.05, 3.63) is 17.7 Å². The molecule has 0 saturated carbocycles. The Balaban J connectivity index is 2.60. The van der Waals surface area contributed by atoms with E-state index < -0.39 is 3.79 Å². The number of rotatable bonds is 3. The van der Waals surface area contributed by atoms with E-state index in [0.29, 0.717) is 18.4 Å². The average Bonchev–Trinajstić information content (AvgIpc) is 2.47. The van der Waals surface area contributed by atoms with Crippen LogP contribution in [0.2, 0.25) is 0 Å². The molecule has 1 rings (SSSR count). The second kappa shape index (κ2) is 4.71. The maximum atomic E-state index is 5.65. The van der Waals surface area contributed by atoms with Crippen molar-refractivity contribution in [2.24, 2.45) is 0 Å². The number of aromatic nitrogens is 2. The predicted molar refractivity (Wildman–Crippen MR) is 59.8 cm³/mol. The third-order valence-corrected chi connectivity index (χ3v) is 2.13. The third-order valence-electron chi connectivity index (χ3n) is 1.60. The quantitative estimate of drug-likeness (QED) is 0.817. The first-order chi connectivity index (χ1) is 6.39. The highest BCUT2D eigenvalue weighted by Gasteiger charge is 2.26. The van der Waals surface area contributed by atoms with Gasteiger partial charge in [0.25, 0.3) is 0 Å². The van der Waals surface area contributed by atoms with Crippen LogP contribution in [-0.2, 0) is 10.3 Å². The van der Waals surface area contributed by atoms with Gasteiger partial charge < -0.3 is 10.3 Å². The monoisotopic (exact) mass is 255 g/mol. The van der Waals surface area contributed by atoms with Gasteiger partial charge in [-0.3, -0.25) is 0 Å². The Hall–Kier alpha value is 0.0400. The van der Waals surface area contributed by atoms with Crippen molar-refractivity contribution >= 4 is 34.8 Å². The summed E-state index contributed by atoms with van der Waals surface area (Å²) >= 11 is 17.0. The molecule has 2 N–H and O–H groups in total. The van der Waals surface area contributed by atoms with Crippen molar-refractivity contribution in [1.29, 1.82) is 0 Å². The second-order valence-corrected chi connectivity index (χ2v) is 5.57. The van der Waals surface area contributed by atoms with E-state index in [4.69, 9.17) is 34.8 Å². The number of hydrogen-bond acceptors (Lipinski definition) is 2. The maximum absolute atomic E-state index is 5.65. The van der Waals surface area contributed by atoms with E-state index in [1.165, 1.54) is 0 Å². The number of halogens is 3. The number of alkyl halides is 3. The summed E-state index contributed by atoms with van der Waals surface area (Å²) in [6, 6.07) is 0.412. The van der Waals surface area contributed by atoms with Crippen LogP contribution in [0.1, 0.15) is 25.4 Å². The summed E-state index contributed by atoms with van der Waals surface area (Å²) in [5.74, 6) is 0.350. The molecule has 1 aromatic rings. The summed E-state index contributed by atoms with van der Waals surface area (Å²) in [7, 11) is 0. The molecular weight excluding hydrogens is 244 g/mol. The Morgan fingerprint density at radius 3 is 2.57 bits per heavy atom. The first-order valence-electron chi connectivity index (χ1n) is 4.24. The molecule has 0 saturated heterocycles. The highest BCUT2D eigenvalue weighted by molar-refractivity contribution is 6.66. The van der Waals surface area contributed by atoms with Crippen LogP contribution < -0.4 is 5.32 Å². The number of hydrogen-bond donors (Lipinski definition) is 2. The molecule has 0 amide bonds. The maximum Gasteiger partial charge on any atom is 0.248 e. The molecule has 0 aliphatic rings. The standard InChI is InChI=1S/C8H12Cl3N3/c1-5(2)12-3-6-4-13-7(14-6)8(9,10)11/h4-5,12H,3H2,1-2H3,(H,13,14). The van der Waals surface area contributed by atoms with Crippen LogP contribution in [0.25, 0.3) is 0 Å². The SMILES string of the molecule is CC(C)NCc1cnc(C(Cl)(Cl)Cl)[nH]1. The van der Waals surface area contributed by atoms with Gasteiger partial charge in [-0.25, -0.2) is 4.98 Å². The van der Waals surface area contributed by atoms with Crippen molar-refractivity contribution in [3.8, 4) is 0 Å². The molecule has 0 unspecified atom stereocenters. The van der Waals surface area contributed by atoms with Crippen LogP contribution in [0.5, 0.6) is 0 Å². The lowest BCUT2D eigenvalue weighted by Gasteiger charge is -2.07. The van der Waals surface area contributed by atoms with Crippen molar-refractivity contribution in [2.45, 2.75) is 30.2 Å². The molecular formula is C8H12Cl3N3. The number of nitrogens with one attached hydrogen (secondary N) is 2. The first kappa shape index (κ1) is 12.1. The van der Waals surface area contributed by atoms with Crippen molar-refractivity contribution < 1.29 is 0 Å². The predicted octanol–water partition coefficient (Wildman–Crippen LogP) is 2.73. The topological polar surface area (TPSA) is 40.7 Å². The lowest BCUT2D eigenvalue weighted by atomic mass is 10.4. The fourth-order valence-electron chi connectivity index (χ4n) is 0.907. The van der Waals surface area contributed by atoms with Crippen LogP contribution in [0, 0.1) is 0 Å². The Morgan fingerprint density at radius 1 is 1.50 bits per heavy atom. The summed E-state index contributed by atoms with van der Waals surface area (Å²) in [6.45, 7) is 4.81. The molecule has 0 spiro atoms. The minimum Gasteiger partial charge on any atom is -0.341 e. The van der Waals surface area contributed by atoms with Crippen LogP contribution in [0.4, 0.5) is 0 Å². The summed E-state index contributed by atoms with van der Waals surface area (Å²) in [5, 5.41) is 3.23. The Labute approximate surface area is 98.1 Å². The summed E-state index contributed by atoms with van der Waals surface area (Å²) < 4.78 is -1.48. The normalized spacial score (nSPS) is 12.4. The highest BCUT2D eigenvalue weighted by atomic mass is 35.6. The van der Waals surface area contributed by atoms with Crippen molar-refractivity contribution in [2.75, 3.05) is 0 Å². The van der Waals surface area contributed by atoms with E-state index in [9.17, 15) is 0 Å². The number of imidazole rings is 1. The Bertz CT molecular complexity index is 290. The van der Waals surface area contributed by atoms with Crippen LogP contribution in [-0.4, -0.2) is 16.0 Å². The molecule has 0 aromatic carbocycles. The molecule has 0 aliphatic carbocycles. The van der Waals surface area contributed by atoms with E-state index in [1.54, 1.807) is 6.20 Å². The van der Waals surface area contributed by atoms with Crippen LogP contribution >= 0.6 is 34.8 Å². The summed E-state index contributed by atoms with van der Waals surface area (Å²) in [4.78, 5) is 6.91. The molecule has 3 nitrogen and oxygen atoms in total. The minimum atomic E-state index is -1.48. The summed E-state index contributed by atoms with van der Waals surface area (Å²) in [5.41, 5.74) is 0.903. The zero-order chi connectivity index (χ0) is 10.8. The van der Waals surface area contributed by atoms with Crippen LogP contribution in [0.3, 0.4) is 0 Å². The molecule has 80 valence electrons. The largest absolute Gasteiger partial charge is 0.341 e. The van der Waals surface area contributed by atoms with Gasteiger partial charge in [-0.05, 0) is 0 Å². The van der Waals surface area contributed by atoms with E-state index in [2.05, 4.69) is 29.1 Å². The van der Waals surface area contributed by atoms with Gasteiger partial charge in [0.15, 0.2) is 5.82 Å². The number of nitrogens with zero attached hydrogens (tertiary/aromatic N) is 1. The van der Waals surface area contributed by atoms with E-state index in [1.807, 2.05) is 0 Å². The average molecular weight is 257 g/mol. The number of H-pyrrole nitrogens is 1. The lowest BCUT2D eigenvalue weighted by molar-refractivity contribution is 0.582. The van der Waals surface area contributed by atoms with Gasteiger partial charge in [0.05, 0.1) is 0 Å². The highest BCUT2D eigenvalue weighted by Crippen LogP contribution is 2.35. The smallest absolute Gasteiger partial charge is 0.248 e. The lowest BCUT2D eigenvalue weighted by Crippen LogP contribution is -2.22. The van der Waals surface area contributed by atoms with E-state index in [-0.39, 0.29) is 0 Å². The summed E-state index contributed by atoms with van der Waals surface area (Å²) in [6.07, 6.45) is 1.66. The van der Waals surface area contributed by atoms with Gasteiger partial charge in [0.2, 0.25) is 3.79 Å². The van der Waals surface area contributed by atoms with Gasteiger partial charge in [0.1, 0.15) is 0 Å². The molecule has 0 atom stereocenters. The second-order valence-electron chi connectivity index (χ2n) is 3.29. The molecule has 6 heteroatoms. The van der Waals surface area contributed by atoms with Gasteiger partial charge in [-0.2, -0.15) is 0 Å². The van der Waals surface area contributed by atoms with Crippen LogP contribution in [0.15, 0.2) is 6.20 Å². The molecule has 0 bridgehead atoms. The number of aromatic amines is 1. The van der Waals surface area contributed by atoms with E-state index >= 15 is 0 Å². The molecule has 0 fully saturated rings.